The number of amides is 3. The van der Waals surface area contributed by atoms with Crippen molar-refractivity contribution in [2.75, 3.05) is 24.9 Å². The quantitative estimate of drug-likeness (QED) is 0.426. The molecule has 3 amide bonds. The highest BCUT2D eigenvalue weighted by molar-refractivity contribution is 7.09. The van der Waals surface area contributed by atoms with E-state index in [1.54, 1.807) is 18.2 Å². The minimum absolute atomic E-state index is 0.0341. The first kappa shape index (κ1) is 26.3. The Hall–Kier alpha value is -3.34. The van der Waals surface area contributed by atoms with Crippen LogP contribution >= 0.6 is 11.5 Å². The number of ether oxygens (including phenoxy) is 2. The fraction of sp³-hybridized carbons (Fsp3) is 0.500. The number of carbonyl (C=O) groups is 3. The van der Waals surface area contributed by atoms with E-state index in [0.717, 1.165) is 50.1 Å². The first-order valence-corrected chi connectivity index (χ1v) is 12.5. The van der Waals surface area contributed by atoms with Gasteiger partial charge in [-0.3, -0.25) is 19.3 Å². The number of unbranched alkanes of at least 4 members (excludes halogenated alkanes) is 1. The van der Waals surface area contributed by atoms with Gasteiger partial charge >= 0.3 is 0 Å². The van der Waals surface area contributed by atoms with Crippen LogP contribution in [0.5, 0.6) is 11.5 Å². The predicted molar refractivity (Wildman–Crippen MR) is 135 cm³/mol. The van der Waals surface area contributed by atoms with Crippen LogP contribution in [0.15, 0.2) is 18.2 Å². The van der Waals surface area contributed by atoms with Gasteiger partial charge < -0.3 is 26.3 Å². The van der Waals surface area contributed by atoms with Gasteiger partial charge in [0, 0.05) is 12.1 Å². The molecule has 3 rings (SSSR count). The second-order valence-electron chi connectivity index (χ2n) is 8.50. The van der Waals surface area contributed by atoms with Crippen molar-refractivity contribution >= 4 is 40.6 Å². The summed E-state index contributed by atoms with van der Waals surface area (Å²) in [7, 11) is 3.01. The van der Waals surface area contributed by atoms with Crippen LogP contribution in [0.1, 0.15) is 72.0 Å². The number of nitrogens with two attached hydrogens (primary N) is 2. The zero-order valence-electron chi connectivity index (χ0n) is 20.3. The molecule has 190 valence electrons. The summed E-state index contributed by atoms with van der Waals surface area (Å²) < 4.78 is 14.9. The minimum Gasteiger partial charge on any atom is -0.497 e. The van der Waals surface area contributed by atoms with Crippen molar-refractivity contribution in [3.05, 3.63) is 28.8 Å². The molecular formula is C24H33N5O5S. The molecule has 2 aromatic rings. The Morgan fingerprint density at radius 2 is 1.94 bits per heavy atom. The van der Waals surface area contributed by atoms with E-state index in [0.29, 0.717) is 23.6 Å². The number of hydrogen-bond donors (Lipinski definition) is 3. The first-order valence-electron chi connectivity index (χ1n) is 11.7. The number of primary amides is 1. The zero-order chi connectivity index (χ0) is 25.5. The van der Waals surface area contributed by atoms with Gasteiger partial charge in [-0.2, -0.15) is 4.37 Å². The fourth-order valence-electron chi connectivity index (χ4n) is 4.28. The molecule has 1 aromatic carbocycles. The molecule has 11 heteroatoms. The summed E-state index contributed by atoms with van der Waals surface area (Å²) in [5, 5.41) is 3.13. The lowest BCUT2D eigenvalue weighted by Gasteiger charge is -2.32. The standard InChI is InChI=1S/C24H33N5O5S/c1-4-5-10-17(23(31)27-14-8-6-7-9-14)29(16-12-11-15(33-2)13-18(16)34-3)24(32)21-19(25)20(22(26)30)28-35-21/h11-14,17H,4-10,25H2,1-3H3,(H2,26,30)(H,27,31)/t17-/m1/s1. The molecule has 10 nitrogen and oxygen atoms in total. The predicted octanol–water partition coefficient (Wildman–Crippen LogP) is 3.11. The number of rotatable bonds is 11. The highest BCUT2D eigenvalue weighted by Crippen LogP contribution is 2.37. The van der Waals surface area contributed by atoms with Crippen LogP contribution in [0, 0.1) is 0 Å². The van der Waals surface area contributed by atoms with Gasteiger partial charge in [-0.15, -0.1) is 0 Å². The summed E-state index contributed by atoms with van der Waals surface area (Å²) in [6.07, 6.45) is 5.93. The van der Waals surface area contributed by atoms with E-state index < -0.39 is 17.9 Å². The summed E-state index contributed by atoms with van der Waals surface area (Å²) in [4.78, 5) is 40.7. The Bertz CT molecular complexity index is 1070. The van der Waals surface area contributed by atoms with Gasteiger partial charge in [0.05, 0.1) is 25.6 Å². The molecule has 0 aliphatic heterocycles. The second-order valence-corrected chi connectivity index (χ2v) is 9.27. The maximum Gasteiger partial charge on any atom is 0.272 e. The Morgan fingerprint density at radius 3 is 2.51 bits per heavy atom. The minimum atomic E-state index is -0.830. The second kappa shape index (κ2) is 11.9. The number of hydrogen-bond acceptors (Lipinski definition) is 8. The molecule has 0 spiro atoms. The Morgan fingerprint density at radius 1 is 1.23 bits per heavy atom. The van der Waals surface area contributed by atoms with E-state index >= 15 is 0 Å². The van der Waals surface area contributed by atoms with Crippen LogP contribution in [0.25, 0.3) is 0 Å². The van der Waals surface area contributed by atoms with Gasteiger partial charge in [0.2, 0.25) is 5.91 Å². The van der Waals surface area contributed by atoms with E-state index in [-0.39, 0.29) is 28.2 Å². The van der Waals surface area contributed by atoms with E-state index in [4.69, 9.17) is 20.9 Å². The van der Waals surface area contributed by atoms with Gasteiger partial charge in [-0.25, -0.2) is 0 Å². The van der Waals surface area contributed by atoms with Crippen LogP contribution in [0.2, 0.25) is 0 Å². The summed E-state index contributed by atoms with van der Waals surface area (Å²) in [6.45, 7) is 2.02. The number of carbonyl (C=O) groups excluding carboxylic acids is 3. The van der Waals surface area contributed by atoms with E-state index in [1.807, 2.05) is 6.92 Å². The third kappa shape index (κ3) is 5.84. The van der Waals surface area contributed by atoms with Crippen molar-refractivity contribution in [3.8, 4) is 11.5 Å². The molecule has 5 N–H and O–H groups in total. The van der Waals surface area contributed by atoms with Gasteiger partial charge in [0.1, 0.15) is 22.4 Å². The number of nitrogen functional groups attached to an aromatic ring is 1. The average molecular weight is 504 g/mol. The van der Waals surface area contributed by atoms with Crippen LogP contribution in [0.4, 0.5) is 11.4 Å². The molecule has 1 aromatic heterocycles. The Labute approximate surface area is 209 Å². The summed E-state index contributed by atoms with van der Waals surface area (Å²) in [6, 6.07) is 4.25. The van der Waals surface area contributed by atoms with Gasteiger partial charge in [0.25, 0.3) is 11.8 Å². The molecule has 0 radical (unpaired) electrons. The first-order chi connectivity index (χ1) is 16.8. The van der Waals surface area contributed by atoms with Gasteiger partial charge in [-0.05, 0) is 42.9 Å². The van der Waals surface area contributed by atoms with Crippen molar-refractivity contribution in [2.45, 2.75) is 64.0 Å². The molecule has 1 atom stereocenters. The van der Waals surface area contributed by atoms with Crippen molar-refractivity contribution in [1.82, 2.24) is 9.69 Å². The van der Waals surface area contributed by atoms with Crippen molar-refractivity contribution in [1.29, 1.82) is 0 Å². The van der Waals surface area contributed by atoms with Crippen LogP contribution in [-0.4, -0.2) is 48.4 Å². The van der Waals surface area contributed by atoms with Crippen LogP contribution in [-0.2, 0) is 4.79 Å². The lowest BCUT2D eigenvalue weighted by Crippen LogP contribution is -2.52. The van der Waals surface area contributed by atoms with E-state index in [2.05, 4.69) is 9.69 Å². The summed E-state index contributed by atoms with van der Waals surface area (Å²) in [5.74, 6) is -0.737. The van der Waals surface area contributed by atoms with E-state index in [1.165, 1.54) is 19.1 Å². The average Bonchev–Trinajstić information content (AvgIpc) is 3.50. The third-order valence-corrected chi connectivity index (χ3v) is 7.02. The Balaban J connectivity index is 2.12. The molecule has 1 fully saturated rings. The molecule has 0 saturated heterocycles. The number of nitrogens with zero attached hydrogens (tertiary/aromatic N) is 2. The van der Waals surface area contributed by atoms with Crippen molar-refractivity contribution in [2.24, 2.45) is 5.73 Å². The summed E-state index contributed by atoms with van der Waals surface area (Å²) in [5.41, 5.74) is 11.6. The highest BCUT2D eigenvalue weighted by Gasteiger charge is 2.37. The van der Waals surface area contributed by atoms with Crippen LogP contribution in [0.3, 0.4) is 0 Å². The molecule has 1 heterocycles. The molecule has 1 saturated carbocycles. The van der Waals surface area contributed by atoms with Gasteiger partial charge in [0.15, 0.2) is 5.69 Å². The number of nitrogens with one attached hydrogen (secondary N) is 1. The molecular weight excluding hydrogens is 470 g/mol. The molecule has 0 bridgehead atoms. The highest BCUT2D eigenvalue weighted by atomic mass is 32.1. The maximum absolute atomic E-state index is 14.0. The monoisotopic (exact) mass is 503 g/mol. The fourth-order valence-corrected chi connectivity index (χ4v) is 5.03. The molecule has 35 heavy (non-hydrogen) atoms. The van der Waals surface area contributed by atoms with Gasteiger partial charge in [-0.1, -0.05) is 32.6 Å². The lowest BCUT2D eigenvalue weighted by molar-refractivity contribution is -0.123. The topological polar surface area (TPSA) is 150 Å². The third-order valence-electron chi connectivity index (χ3n) is 6.17. The molecule has 0 unspecified atom stereocenters. The molecule has 1 aliphatic rings. The van der Waals surface area contributed by atoms with E-state index in [9.17, 15) is 14.4 Å². The largest absolute Gasteiger partial charge is 0.497 e. The van der Waals surface area contributed by atoms with Crippen molar-refractivity contribution < 1.29 is 23.9 Å². The Kier molecular flexibility index (Phi) is 8.91. The lowest BCUT2D eigenvalue weighted by atomic mass is 10.0. The summed E-state index contributed by atoms with van der Waals surface area (Å²) >= 11 is 0.778. The molecule has 1 aliphatic carbocycles. The number of anilines is 2. The van der Waals surface area contributed by atoms with Crippen molar-refractivity contribution in [3.63, 3.8) is 0 Å². The smallest absolute Gasteiger partial charge is 0.272 e. The number of methoxy groups -OCH3 is 2. The normalized spacial score (nSPS) is 14.4. The number of aromatic nitrogens is 1. The zero-order valence-corrected chi connectivity index (χ0v) is 21.2. The van der Waals surface area contributed by atoms with Crippen LogP contribution < -0.4 is 31.2 Å². The SMILES string of the molecule is CCCC[C@H](C(=O)NC1CCCC1)N(C(=O)c1snc(C(N)=O)c1N)c1ccc(OC)cc1OC. The maximum atomic E-state index is 14.0. The number of benzene rings is 1.